The Morgan fingerprint density at radius 1 is 1.03 bits per heavy atom. The molecule has 0 bridgehead atoms. The molecular formula is C22H22F3N3O3. The number of carbonyl (C=O) groups is 1. The molecule has 1 amide bonds. The van der Waals surface area contributed by atoms with Gasteiger partial charge in [-0.1, -0.05) is 44.2 Å². The number of fused-ring (bicyclic) bond motifs is 1. The highest BCUT2D eigenvalue weighted by atomic mass is 19.4. The second-order valence-corrected chi connectivity index (χ2v) is 7.92. The molecule has 3 rings (SSSR count). The van der Waals surface area contributed by atoms with Gasteiger partial charge >= 0.3 is 11.9 Å². The number of carbonyl (C=O) groups excluding carboxylic acids is 1. The average molecular weight is 433 g/mol. The SMILES string of the molecule is CC(C)(CNC(=O)CCn1c(=O)[nH]c(=O)c2ccccc21)c1cccc(C(F)(F)F)c1. The van der Waals surface area contributed by atoms with Crippen LogP contribution in [-0.4, -0.2) is 22.0 Å². The van der Waals surface area contributed by atoms with Crippen molar-refractivity contribution in [3.05, 3.63) is 80.5 Å². The fourth-order valence-electron chi connectivity index (χ4n) is 3.30. The van der Waals surface area contributed by atoms with Crippen LogP contribution in [0.5, 0.6) is 0 Å². The third-order valence-electron chi connectivity index (χ3n) is 5.17. The first-order valence-corrected chi connectivity index (χ1v) is 9.65. The van der Waals surface area contributed by atoms with Crippen molar-refractivity contribution < 1.29 is 18.0 Å². The summed E-state index contributed by atoms with van der Waals surface area (Å²) in [6.07, 6.45) is -4.48. The molecular weight excluding hydrogens is 411 g/mol. The molecule has 1 heterocycles. The number of aryl methyl sites for hydroxylation is 1. The summed E-state index contributed by atoms with van der Waals surface area (Å²) < 4.78 is 40.3. The summed E-state index contributed by atoms with van der Waals surface area (Å²) >= 11 is 0. The van der Waals surface area contributed by atoms with Gasteiger partial charge in [0.15, 0.2) is 0 Å². The molecule has 1 aromatic heterocycles. The lowest BCUT2D eigenvalue weighted by Crippen LogP contribution is -2.38. The minimum atomic E-state index is -4.44. The molecule has 0 unspecified atom stereocenters. The van der Waals surface area contributed by atoms with Gasteiger partial charge in [-0.3, -0.25) is 19.1 Å². The number of H-pyrrole nitrogens is 1. The zero-order valence-electron chi connectivity index (χ0n) is 17.0. The number of para-hydroxylation sites is 1. The van der Waals surface area contributed by atoms with Crippen LogP contribution in [0.25, 0.3) is 10.9 Å². The normalized spacial score (nSPS) is 12.2. The number of halogens is 3. The van der Waals surface area contributed by atoms with Crippen LogP contribution in [0, 0.1) is 0 Å². The molecule has 9 heteroatoms. The maximum Gasteiger partial charge on any atom is 0.416 e. The zero-order valence-corrected chi connectivity index (χ0v) is 17.0. The third-order valence-corrected chi connectivity index (χ3v) is 5.17. The van der Waals surface area contributed by atoms with E-state index in [-0.39, 0.29) is 25.4 Å². The predicted molar refractivity (Wildman–Crippen MR) is 111 cm³/mol. The molecule has 0 aliphatic heterocycles. The summed E-state index contributed by atoms with van der Waals surface area (Å²) in [7, 11) is 0. The second-order valence-electron chi connectivity index (χ2n) is 7.92. The van der Waals surface area contributed by atoms with Gasteiger partial charge in [0.25, 0.3) is 5.56 Å². The summed E-state index contributed by atoms with van der Waals surface area (Å²) in [6.45, 7) is 3.64. The van der Waals surface area contributed by atoms with Gasteiger partial charge in [-0.15, -0.1) is 0 Å². The average Bonchev–Trinajstić information content (AvgIpc) is 2.71. The first kappa shape index (κ1) is 22.3. The van der Waals surface area contributed by atoms with E-state index in [0.29, 0.717) is 16.5 Å². The van der Waals surface area contributed by atoms with Crippen molar-refractivity contribution in [2.45, 2.75) is 38.4 Å². The van der Waals surface area contributed by atoms with Crippen LogP contribution in [0.15, 0.2) is 58.1 Å². The van der Waals surface area contributed by atoms with Crippen molar-refractivity contribution in [2.75, 3.05) is 6.54 Å². The lowest BCUT2D eigenvalue weighted by Gasteiger charge is -2.26. The van der Waals surface area contributed by atoms with Crippen LogP contribution < -0.4 is 16.6 Å². The first-order chi connectivity index (χ1) is 14.5. The minimum Gasteiger partial charge on any atom is -0.355 e. The van der Waals surface area contributed by atoms with Crippen molar-refractivity contribution >= 4 is 16.8 Å². The third kappa shape index (κ3) is 5.04. The molecule has 0 aliphatic carbocycles. The maximum atomic E-state index is 13.0. The quantitative estimate of drug-likeness (QED) is 0.626. The van der Waals surface area contributed by atoms with Gasteiger partial charge in [0.1, 0.15) is 0 Å². The number of hydrogen-bond donors (Lipinski definition) is 2. The molecule has 6 nitrogen and oxygen atoms in total. The number of amides is 1. The van der Waals surface area contributed by atoms with Gasteiger partial charge in [0.2, 0.25) is 5.91 Å². The Morgan fingerprint density at radius 3 is 2.42 bits per heavy atom. The van der Waals surface area contributed by atoms with E-state index in [1.165, 1.54) is 10.6 Å². The summed E-state index contributed by atoms with van der Waals surface area (Å²) in [5.74, 6) is -0.359. The molecule has 2 N–H and O–H groups in total. The summed E-state index contributed by atoms with van der Waals surface area (Å²) in [5, 5.41) is 3.06. The van der Waals surface area contributed by atoms with Crippen LogP contribution >= 0.6 is 0 Å². The second kappa shape index (κ2) is 8.41. The van der Waals surface area contributed by atoms with E-state index in [0.717, 1.165) is 12.1 Å². The molecule has 0 aliphatic rings. The fourth-order valence-corrected chi connectivity index (χ4v) is 3.30. The largest absolute Gasteiger partial charge is 0.416 e. The number of aromatic nitrogens is 2. The lowest BCUT2D eigenvalue weighted by molar-refractivity contribution is -0.137. The molecule has 3 aromatic rings. The Labute approximate surface area is 175 Å². The molecule has 0 radical (unpaired) electrons. The van der Waals surface area contributed by atoms with Crippen molar-refractivity contribution in [2.24, 2.45) is 0 Å². The number of nitrogens with one attached hydrogen (secondary N) is 2. The van der Waals surface area contributed by atoms with Gasteiger partial charge < -0.3 is 5.32 Å². The monoisotopic (exact) mass is 433 g/mol. The Bertz CT molecular complexity index is 1230. The molecule has 0 atom stereocenters. The summed E-state index contributed by atoms with van der Waals surface area (Å²) in [5.41, 5.74) is -1.71. The Balaban J connectivity index is 1.68. The van der Waals surface area contributed by atoms with Crippen LogP contribution in [-0.2, 0) is 22.9 Å². The van der Waals surface area contributed by atoms with Crippen LogP contribution in [0.1, 0.15) is 31.4 Å². The molecule has 164 valence electrons. The summed E-state index contributed by atoms with van der Waals surface area (Å²) in [6, 6.07) is 11.6. The van der Waals surface area contributed by atoms with Gasteiger partial charge in [-0.2, -0.15) is 13.2 Å². The van der Waals surface area contributed by atoms with Gasteiger partial charge in [-0.25, -0.2) is 4.79 Å². The predicted octanol–water partition coefficient (Wildman–Crippen LogP) is 3.19. The topological polar surface area (TPSA) is 84.0 Å². The highest BCUT2D eigenvalue weighted by Crippen LogP contribution is 2.32. The zero-order chi connectivity index (χ0) is 22.8. The van der Waals surface area contributed by atoms with E-state index in [1.807, 2.05) is 0 Å². The molecule has 31 heavy (non-hydrogen) atoms. The fraction of sp³-hybridized carbons (Fsp3) is 0.318. The Hall–Kier alpha value is -3.36. The van der Waals surface area contributed by atoms with Gasteiger partial charge in [0.05, 0.1) is 16.5 Å². The van der Waals surface area contributed by atoms with E-state index in [9.17, 15) is 27.6 Å². The van der Waals surface area contributed by atoms with E-state index < -0.39 is 28.4 Å². The van der Waals surface area contributed by atoms with Gasteiger partial charge in [0, 0.05) is 24.9 Å². The van der Waals surface area contributed by atoms with E-state index in [2.05, 4.69) is 10.3 Å². The summed E-state index contributed by atoms with van der Waals surface area (Å²) in [4.78, 5) is 38.7. The molecule has 2 aromatic carbocycles. The van der Waals surface area contributed by atoms with Crippen molar-refractivity contribution in [3.63, 3.8) is 0 Å². The van der Waals surface area contributed by atoms with Crippen LogP contribution in [0.4, 0.5) is 13.2 Å². The first-order valence-electron chi connectivity index (χ1n) is 9.65. The Morgan fingerprint density at radius 2 is 1.71 bits per heavy atom. The number of nitrogens with zero attached hydrogens (tertiary/aromatic N) is 1. The molecule has 0 spiro atoms. The molecule has 0 fully saturated rings. The maximum absolute atomic E-state index is 13.0. The minimum absolute atomic E-state index is 0.0331. The Kier molecular flexibility index (Phi) is 6.06. The van der Waals surface area contributed by atoms with Crippen LogP contribution in [0.2, 0.25) is 0 Å². The van der Waals surface area contributed by atoms with Gasteiger partial charge in [-0.05, 0) is 23.8 Å². The van der Waals surface area contributed by atoms with E-state index in [4.69, 9.17) is 0 Å². The molecule has 0 saturated carbocycles. The van der Waals surface area contributed by atoms with Crippen molar-refractivity contribution in [3.8, 4) is 0 Å². The molecule has 0 saturated heterocycles. The standard InChI is InChI=1S/C22H22F3N3O3/c1-21(2,14-6-5-7-15(12-14)22(23,24)25)13-26-18(29)10-11-28-17-9-4-3-8-16(17)19(30)27-20(28)31/h3-9,12H,10-11,13H2,1-2H3,(H,26,29)(H,27,30,31). The highest BCUT2D eigenvalue weighted by Gasteiger charge is 2.32. The number of benzene rings is 2. The number of hydrogen-bond acceptors (Lipinski definition) is 3. The highest BCUT2D eigenvalue weighted by molar-refractivity contribution is 5.78. The van der Waals surface area contributed by atoms with E-state index >= 15 is 0 Å². The van der Waals surface area contributed by atoms with Crippen LogP contribution in [0.3, 0.4) is 0 Å². The smallest absolute Gasteiger partial charge is 0.355 e. The number of alkyl halides is 3. The van der Waals surface area contributed by atoms with E-state index in [1.54, 1.807) is 44.2 Å². The van der Waals surface area contributed by atoms with Crippen molar-refractivity contribution in [1.82, 2.24) is 14.9 Å². The number of aromatic amines is 1. The number of rotatable bonds is 6. The van der Waals surface area contributed by atoms with Crippen molar-refractivity contribution in [1.29, 1.82) is 0 Å². The lowest BCUT2D eigenvalue weighted by atomic mass is 9.83.